The number of hydrogen-bond acceptors (Lipinski definition) is 3. The van der Waals surface area contributed by atoms with Crippen LogP contribution in [0.25, 0.3) is 10.8 Å². The Labute approximate surface area is 208 Å². The summed E-state index contributed by atoms with van der Waals surface area (Å²) in [5.74, 6) is 0.208. The van der Waals surface area contributed by atoms with Crippen LogP contribution in [0.2, 0.25) is 5.02 Å². The van der Waals surface area contributed by atoms with Gasteiger partial charge >= 0.3 is 0 Å². The molecule has 0 aromatic heterocycles. The van der Waals surface area contributed by atoms with E-state index in [0.29, 0.717) is 10.1 Å². The van der Waals surface area contributed by atoms with Crippen LogP contribution >= 0.6 is 35.8 Å². The monoisotopic (exact) mass is 487 g/mol. The number of benzene rings is 4. The van der Waals surface area contributed by atoms with Gasteiger partial charge in [0.25, 0.3) is 0 Å². The van der Waals surface area contributed by atoms with Gasteiger partial charge in [0.2, 0.25) is 0 Å². The second kappa shape index (κ2) is 9.96. The lowest BCUT2D eigenvalue weighted by Crippen LogP contribution is -2.39. The summed E-state index contributed by atoms with van der Waals surface area (Å²) < 4.78 is 3.31. The highest BCUT2D eigenvalue weighted by molar-refractivity contribution is 7.99. The second-order valence-electron chi connectivity index (χ2n) is 7.89. The second-order valence-corrected chi connectivity index (χ2v) is 9.59. The van der Waals surface area contributed by atoms with Crippen molar-refractivity contribution in [3.63, 3.8) is 0 Å². The summed E-state index contributed by atoms with van der Waals surface area (Å²) in [4.78, 5) is 1.11. The number of fused-ring (bicyclic) bond motifs is 1. The van der Waals surface area contributed by atoms with Crippen LogP contribution in [0.5, 0.6) is 0 Å². The minimum atomic E-state index is 0.208. The standard InChI is InChI=1S/C27H22ClN3S2/c28-23-13-10-21(11-14-23)26-25(20-7-2-1-3-8-20)16-17-31(29-26)27(32)30-33-24-15-12-19-6-4-5-9-22(19)18-24/h1-15,18,25H,16-17H2,(H,30,32). The van der Waals surface area contributed by atoms with Crippen LogP contribution in [0.15, 0.2) is 107 Å². The van der Waals surface area contributed by atoms with E-state index in [0.717, 1.165) is 29.1 Å². The smallest absolute Gasteiger partial charge is 0.199 e. The molecule has 0 saturated carbocycles. The van der Waals surface area contributed by atoms with Gasteiger partial charge in [-0.1, -0.05) is 84.4 Å². The van der Waals surface area contributed by atoms with Gasteiger partial charge in [0, 0.05) is 22.4 Å². The number of halogens is 1. The van der Waals surface area contributed by atoms with E-state index in [9.17, 15) is 0 Å². The van der Waals surface area contributed by atoms with Gasteiger partial charge in [0.05, 0.1) is 5.71 Å². The summed E-state index contributed by atoms with van der Waals surface area (Å²) in [5, 5.41) is 10.6. The number of nitrogens with zero attached hydrogens (tertiary/aromatic N) is 2. The maximum absolute atomic E-state index is 6.14. The highest BCUT2D eigenvalue weighted by Crippen LogP contribution is 2.30. The molecule has 164 valence electrons. The third-order valence-corrected chi connectivity index (χ3v) is 7.22. The minimum Gasteiger partial charge on any atom is -0.301 e. The van der Waals surface area contributed by atoms with Crippen LogP contribution in [-0.4, -0.2) is 22.4 Å². The van der Waals surface area contributed by atoms with Crippen molar-refractivity contribution in [2.45, 2.75) is 17.2 Å². The largest absolute Gasteiger partial charge is 0.301 e. The third kappa shape index (κ3) is 5.06. The van der Waals surface area contributed by atoms with Crippen molar-refractivity contribution >= 4 is 57.4 Å². The van der Waals surface area contributed by atoms with E-state index >= 15 is 0 Å². The normalized spacial score (nSPS) is 15.8. The van der Waals surface area contributed by atoms with Gasteiger partial charge in [0.15, 0.2) is 5.11 Å². The van der Waals surface area contributed by atoms with Crippen LogP contribution in [0, 0.1) is 0 Å². The van der Waals surface area contributed by atoms with Crippen molar-refractivity contribution in [2.75, 3.05) is 6.54 Å². The highest BCUT2D eigenvalue weighted by atomic mass is 35.5. The van der Waals surface area contributed by atoms with Crippen LogP contribution in [0.1, 0.15) is 23.5 Å². The quantitative estimate of drug-likeness (QED) is 0.242. The third-order valence-electron chi connectivity index (χ3n) is 5.74. The fourth-order valence-corrected chi connectivity index (χ4v) is 5.08. The molecule has 1 unspecified atom stereocenters. The van der Waals surface area contributed by atoms with Gasteiger partial charge in [-0.15, -0.1) is 0 Å². The fraction of sp³-hybridized carbons (Fsp3) is 0.111. The Morgan fingerprint density at radius 1 is 0.909 bits per heavy atom. The van der Waals surface area contributed by atoms with Crippen LogP contribution in [0.4, 0.5) is 0 Å². The summed E-state index contributed by atoms with van der Waals surface area (Å²) in [6.45, 7) is 0.751. The first-order valence-electron chi connectivity index (χ1n) is 10.8. The average molecular weight is 488 g/mol. The maximum atomic E-state index is 6.14. The highest BCUT2D eigenvalue weighted by Gasteiger charge is 2.27. The fourth-order valence-electron chi connectivity index (χ4n) is 4.06. The molecule has 0 saturated heterocycles. The molecule has 4 aromatic carbocycles. The maximum Gasteiger partial charge on any atom is 0.199 e. The zero-order chi connectivity index (χ0) is 22.6. The molecular formula is C27H22ClN3S2. The van der Waals surface area contributed by atoms with E-state index < -0.39 is 0 Å². The Kier molecular flexibility index (Phi) is 6.63. The van der Waals surface area contributed by atoms with Crippen LogP contribution in [-0.2, 0) is 0 Å². The Morgan fingerprint density at radius 3 is 2.42 bits per heavy atom. The van der Waals surface area contributed by atoms with Gasteiger partial charge in [-0.25, -0.2) is 5.01 Å². The molecule has 1 heterocycles. The van der Waals surface area contributed by atoms with Crippen LogP contribution in [0.3, 0.4) is 0 Å². The number of nitrogens with one attached hydrogen (secondary N) is 1. The molecule has 1 aliphatic heterocycles. The van der Waals surface area contributed by atoms with Crippen LogP contribution < -0.4 is 4.72 Å². The molecule has 1 atom stereocenters. The minimum absolute atomic E-state index is 0.208. The molecule has 3 nitrogen and oxygen atoms in total. The molecule has 1 aliphatic rings. The van der Waals surface area contributed by atoms with Gasteiger partial charge < -0.3 is 4.72 Å². The van der Waals surface area contributed by atoms with E-state index in [1.807, 2.05) is 35.3 Å². The Hall–Kier alpha value is -2.86. The van der Waals surface area contributed by atoms with Gasteiger partial charge in [0.1, 0.15) is 0 Å². The number of rotatable bonds is 4. The zero-order valence-electron chi connectivity index (χ0n) is 17.8. The van der Waals surface area contributed by atoms with E-state index in [1.165, 1.54) is 28.3 Å². The predicted octanol–water partition coefficient (Wildman–Crippen LogP) is 7.27. The summed E-state index contributed by atoms with van der Waals surface area (Å²) in [6.07, 6.45) is 0.925. The number of hydrazone groups is 1. The molecule has 6 heteroatoms. The van der Waals surface area contributed by atoms with Crippen molar-refractivity contribution < 1.29 is 0 Å². The van der Waals surface area contributed by atoms with E-state index in [4.69, 9.17) is 28.9 Å². The summed E-state index contributed by atoms with van der Waals surface area (Å²) >= 11 is 13.4. The molecule has 1 N–H and O–H groups in total. The summed E-state index contributed by atoms with van der Waals surface area (Å²) in [5.41, 5.74) is 3.32. The Bertz CT molecular complexity index is 1310. The molecule has 0 radical (unpaired) electrons. The van der Waals surface area contributed by atoms with Crippen molar-refractivity contribution in [1.29, 1.82) is 0 Å². The first-order valence-corrected chi connectivity index (χ1v) is 12.4. The topological polar surface area (TPSA) is 27.6 Å². The van der Waals surface area contributed by atoms with Crippen molar-refractivity contribution in [2.24, 2.45) is 5.10 Å². The SMILES string of the molecule is S=C(NSc1ccc2ccccc2c1)N1CCC(c2ccccc2)C(c2ccc(Cl)cc2)=N1. The molecule has 0 aliphatic carbocycles. The number of hydrogen-bond donors (Lipinski definition) is 1. The predicted molar refractivity (Wildman–Crippen MR) is 144 cm³/mol. The van der Waals surface area contributed by atoms with Crippen molar-refractivity contribution in [1.82, 2.24) is 9.73 Å². The first-order chi connectivity index (χ1) is 16.2. The molecule has 0 fully saturated rings. The Balaban J connectivity index is 1.37. The lowest BCUT2D eigenvalue weighted by Gasteiger charge is -2.31. The molecule has 0 spiro atoms. The number of thiocarbonyl (C=S) groups is 1. The molecule has 4 aromatic rings. The molecule has 33 heavy (non-hydrogen) atoms. The van der Waals surface area contributed by atoms with E-state index in [2.05, 4.69) is 71.5 Å². The molecular weight excluding hydrogens is 466 g/mol. The van der Waals surface area contributed by atoms with Crippen molar-refractivity contribution in [3.8, 4) is 0 Å². The first kappa shape index (κ1) is 22.0. The lowest BCUT2D eigenvalue weighted by atomic mass is 9.86. The lowest BCUT2D eigenvalue weighted by molar-refractivity contribution is 0.404. The Morgan fingerprint density at radius 2 is 1.64 bits per heavy atom. The van der Waals surface area contributed by atoms with E-state index in [-0.39, 0.29) is 5.92 Å². The molecule has 0 bridgehead atoms. The van der Waals surface area contributed by atoms with Gasteiger partial charge in [-0.05, 0) is 76.8 Å². The zero-order valence-corrected chi connectivity index (χ0v) is 20.2. The summed E-state index contributed by atoms with van der Waals surface area (Å²) in [6, 6.07) is 33.1. The average Bonchev–Trinajstić information content (AvgIpc) is 2.88. The van der Waals surface area contributed by atoms with Gasteiger partial charge in [-0.2, -0.15) is 5.10 Å². The molecule has 0 amide bonds. The van der Waals surface area contributed by atoms with Crippen molar-refractivity contribution in [3.05, 3.63) is 113 Å². The molecule has 5 rings (SSSR count). The van der Waals surface area contributed by atoms with Gasteiger partial charge in [-0.3, -0.25) is 0 Å². The summed E-state index contributed by atoms with van der Waals surface area (Å²) in [7, 11) is 0. The van der Waals surface area contributed by atoms with E-state index in [1.54, 1.807) is 0 Å².